The van der Waals surface area contributed by atoms with Crippen molar-refractivity contribution in [1.82, 2.24) is 9.80 Å². The fourth-order valence-electron chi connectivity index (χ4n) is 3.22. The number of fused-ring (bicyclic) bond motifs is 1. The SMILES string of the molecule is CC(C)(C)OC(=O)N1CC2CN(C(=O)c3cc(F)co3)CC2C1. The first-order chi connectivity index (χ1) is 10.7. The van der Waals surface area contributed by atoms with Crippen LogP contribution in [0.25, 0.3) is 0 Å². The fraction of sp³-hybridized carbons (Fsp3) is 0.625. The van der Waals surface area contributed by atoms with E-state index in [2.05, 4.69) is 0 Å². The van der Waals surface area contributed by atoms with Gasteiger partial charge >= 0.3 is 6.09 Å². The molecular weight excluding hydrogens is 303 g/mol. The van der Waals surface area contributed by atoms with E-state index < -0.39 is 11.4 Å². The summed E-state index contributed by atoms with van der Waals surface area (Å²) in [5.41, 5.74) is -0.514. The van der Waals surface area contributed by atoms with Gasteiger partial charge in [-0.15, -0.1) is 0 Å². The van der Waals surface area contributed by atoms with Gasteiger partial charge in [0.15, 0.2) is 11.6 Å². The average Bonchev–Trinajstić information content (AvgIpc) is 3.08. The minimum absolute atomic E-state index is 0.0199. The van der Waals surface area contributed by atoms with Gasteiger partial charge in [0.1, 0.15) is 11.9 Å². The zero-order chi connectivity index (χ0) is 16.8. The van der Waals surface area contributed by atoms with Crippen molar-refractivity contribution in [2.24, 2.45) is 11.8 Å². The third kappa shape index (κ3) is 3.33. The summed E-state index contributed by atoms with van der Waals surface area (Å²) < 4.78 is 23.3. The number of furan rings is 1. The largest absolute Gasteiger partial charge is 0.456 e. The molecule has 0 spiro atoms. The number of hydrogen-bond donors (Lipinski definition) is 0. The van der Waals surface area contributed by atoms with Crippen molar-refractivity contribution in [2.45, 2.75) is 26.4 Å². The molecule has 0 saturated carbocycles. The third-order valence-electron chi connectivity index (χ3n) is 4.20. The Balaban J connectivity index is 1.57. The van der Waals surface area contributed by atoms with Crippen LogP contribution >= 0.6 is 0 Å². The van der Waals surface area contributed by atoms with Crippen molar-refractivity contribution in [3.63, 3.8) is 0 Å². The lowest BCUT2D eigenvalue weighted by Crippen LogP contribution is -2.38. The summed E-state index contributed by atoms with van der Waals surface area (Å²) in [6.45, 7) is 7.77. The van der Waals surface area contributed by atoms with E-state index in [9.17, 15) is 14.0 Å². The summed E-state index contributed by atoms with van der Waals surface area (Å²) >= 11 is 0. The quantitative estimate of drug-likeness (QED) is 0.795. The summed E-state index contributed by atoms with van der Waals surface area (Å²) in [5, 5.41) is 0. The van der Waals surface area contributed by atoms with Crippen molar-refractivity contribution in [2.75, 3.05) is 26.2 Å². The Hall–Kier alpha value is -2.05. The Morgan fingerprint density at radius 2 is 1.74 bits per heavy atom. The summed E-state index contributed by atoms with van der Waals surface area (Å²) in [6, 6.07) is 1.10. The van der Waals surface area contributed by atoms with Crippen LogP contribution in [-0.2, 0) is 4.74 Å². The number of nitrogens with zero attached hydrogens (tertiary/aromatic N) is 2. The minimum Gasteiger partial charge on any atom is -0.456 e. The number of rotatable bonds is 1. The Bertz CT molecular complexity index is 608. The molecule has 2 aliphatic rings. The Labute approximate surface area is 134 Å². The van der Waals surface area contributed by atoms with Crippen LogP contribution in [0.15, 0.2) is 16.7 Å². The topological polar surface area (TPSA) is 63.0 Å². The Morgan fingerprint density at radius 1 is 1.17 bits per heavy atom. The van der Waals surface area contributed by atoms with Gasteiger partial charge in [-0.3, -0.25) is 4.79 Å². The smallest absolute Gasteiger partial charge is 0.410 e. The molecule has 3 heterocycles. The molecular formula is C16H21FN2O4. The number of hydrogen-bond acceptors (Lipinski definition) is 4. The molecule has 2 fully saturated rings. The van der Waals surface area contributed by atoms with Crippen LogP contribution in [0.3, 0.4) is 0 Å². The number of ether oxygens (including phenoxy) is 1. The van der Waals surface area contributed by atoms with Crippen molar-refractivity contribution < 1.29 is 23.1 Å². The van der Waals surface area contributed by atoms with Gasteiger partial charge in [-0.05, 0) is 20.8 Å². The molecule has 0 bridgehead atoms. The Morgan fingerprint density at radius 3 is 2.22 bits per heavy atom. The van der Waals surface area contributed by atoms with E-state index in [1.807, 2.05) is 20.8 Å². The molecule has 6 nitrogen and oxygen atoms in total. The van der Waals surface area contributed by atoms with Crippen LogP contribution in [-0.4, -0.2) is 53.6 Å². The molecule has 2 unspecified atom stereocenters. The highest BCUT2D eigenvalue weighted by atomic mass is 19.1. The number of amides is 2. The minimum atomic E-state index is -0.552. The standard InChI is InChI=1S/C16H21FN2O4/c1-16(2,3)23-15(21)19-7-10-5-18(6-11(10)8-19)14(20)13-4-12(17)9-22-13/h4,9-11H,5-8H2,1-3H3. The van der Waals surface area contributed by atoms with Crippen molar-refractivity contribution in [3.05, 3.63) is 23.9 Å². The molecule has 1 aromatic heterocycles. The lowest BCUT2D eigenvalue weighted by Gasteiger charge is -2.25. The summed E-state index contributed by atoms with van der Waals surface area (Å²) in [7, 11) is 0. The number of halogens is 1. The average molecular weight is 324 g/mol. The van der Waals surface area contributed by atoms with Crippen LogP contribution < -0.4 is 0 Å². The van der Waals surface area contributed by atoms with E-state index >= 15 is 0 Å². The zero-order valence-electron chi connectivity index (χ0n) is 13.5. The maximum absolute atomic E-state index is 13.0. The first-order valence-corrected chi connectivity index (χ1v) is 7.74. The van der Waals surface area contributed by atoms with Crippen molar-refractivity contribution >= 4 is 12.0 Å². The maximum atomic E-state index is 13.0. The van der Waals surface area contributed by atoms with Gasteiger partial charge in [-0.25, -0.2) is 9.18 Å². The molecule has 3 rings (SSSR count). The molecule has 126 valence electrons. The maximum Gasteiger partial charge on any atom is 0.410 e. The van der Waals surface area contributed by atoms with E-state index in [-0.39, 0.29) is 29.6 Å². The zero-order valence-corrected chi connectivity index (χ0v) is 13.5. The van der Waals surface area contributed by atoms with Gasteiger partial charge in [0.2, 0.25) is 0 Å². The van der Waals surface area contributed by atoms with E-state index in [4.69, 9.17) is 9.15 Å². The second-order valence-electron chi connectivity index (χ2n) is 7.24. The van der Waals surface area contributed by atoms with Crippen LogP contribution in [0.4, 0.5) is 9.18 Å². The lowest BCUT2D eigenvalue weighted by atomic mass is 10.0. The molecule has 0 radical (unpaired) electrons. The molecule has 2 atom stereocenters. The van der Waals surface area contributed by atoms with E-state index in [1.165, 1.54) is 0 Å². The van der Waals surface area contributed by atoms with Gasteiger partial charge < -0.3 is 19.0 Å². The molecule has 23 heavy (non-hydrogen) atoms. The highest BCUT2D eigenvalue weighted by Gasteiger charge is 2.44. The molecule has 0 N–H and O–H groups in total. The summed E-state index contributed by atoms with van der Waals surface area (Å²) in [4.78, 5) is 27.7. The van der Waals surface area contributed by atoms with Crippen LogP contribution in [0.2, 0.25) is 0 Å². The number of carbonyl (C=O) groups excluding carboxylic acids is 2. The van der Waals surface area contributed by atoms with Crippen LogP contribution in [0.5, 0.6) is 0 Å². The van der Waals surface area contributed by atoms with Gasteiger partial charge in [0, 0.05) is 44.1 Å². The summed E-state index contributed by atoms with van der Waals surface area (Å²) in [5.74, 6) is -0.375. The number of carbonyl (C=O) groups is 2. The van der Waals surface area contributed by atoms with Crippen LogP contribution in [0.1, 0.15) is 31.3 Å². The molecule has 0 aliphatic carbocycles. The van der Waals surface area contributed by atoms with Crippen LogP contribution in [0, 0.1) is 17.7 Å². The molecule has 0 aromatic carbocycles. The Kier molecular flexibility index (Phi) is 3.82. The first-order valence-electron chi connectivity index (χ1n) is 7.74. The highest BCUT2D eigenvalue weighted by Crippen LogP contribution is 2.32. The van der Waals surface area contributed by atoms with E-state index in [1.54, 1.807) is 9.80 Å². The van der Waals surface area contributed by atoms with Gasteiger partial charge in [-0.2, -0.15) is 0 Å². The summed E-state index contributed by atoms with van der Waals surface area (Å²) in [6.07, 6.45) is 0.617. The molecule has 2 amide bonds. The van der Waals surface area contributed by atoms with Gasteiger partial charge in [0.25, 0.3) is 5.91 Å². The predicted octanol–water partition coefficient (Wildman–Crippen LogP) is 2.36. The molecule has 2 aliphatic heterocycles. The molecule has 2 saturated heterocycles. The third-order valence-corrected chi connectivity index (χ3v) is 4.20. The number of likely N-dealkylation sites (tertiary alicyclic amines) is 2. The van der Waals surface area contributed by atoms with Crippen molar-refractivity contribution in [3.8, 4) is 0 Å². The lowest BCUT2D eigenvalue weighted by molar-refractivity contribution is 0.0275. The van der Waals surface area contributed by atoms with Gasteiger partial charge in [0.05, 0.1) is 0 Å². The van der Waals surface area contributed by atoms with E-state index in [0.717, 1.165) is 12.3 Å². The second-order valence-corrected chi connectivity index (χ2v) is 7.24. The fourth-order valence-corrected chi connectivity index (χ4v) is 3.22. The highest BCUT2D eigenvalue weighted by molar-refractivity contribution is 5.91. The predicted molar refractivity (Wildman–Crippen MR) is 79.4 cm³/mol. The molecule has 7 heteroatoms. The normalized spacial score (nSPS) is 24.0. The van der Waals surface area contributed by atoms with E-state index in [0.29, 0.717) is 26.2 Å². The monoisotopic (exact) mass is 324 g/mol. The molecule has 1 aromatic rings. The van der Waals surface area contributed by atoms with Gasteiger partial charge in [-0.1, -0.05) is 0 Å². The second kappa shape index (κ2) is 5.54. The van der Waals surface area contributed by atoms with Crippen molar-refractivity contribution in [1.29, 1.82) is 0 Å². The first kappa shape index (κ1) is 15.8.